The highest BCUT2D eigenvalue weighted by Crippen LogP contribution is 2.38. The third kappa shape index (κ3) is 4.39. The average molecular weight is 359 g/mol. The van der Waals surface area contributed by atoms with E-state index in [9.17, 15) is 14.7 Å². The van der Waals surface area contributed by atoms with Gasteiger partial charge in [-0.25, -0.2) is 4.79 Å². The molecule has 1 aliphatic carbocycles. The first-order valence-electron chi connectivity index (χ1n) is 8.50. The highest BCUT2D eigenvalue weighted by molar-refractivity contribution is 7.17. The summed E-state index contributed by atoms with van der Waals surface area (Å²) >= 11 is 1.41. The van der Waals surface area contributed by atoms with E-state index in [4.69, 9.17) is 4.74 Å². The Kier molecular flexibility index (Phi) is 5.71. The number of nitrogens with one attached hydrogen (secondary N) is 1. The maximum atomic E-state index is 12.2. The molecule has 0 spiro atoms. The lowest BCUT2D eigenvalue weighted by atomic mass is 9.95. The molecule has 0 atom stereocenters. The number of carboxylic acid groups (broad SMARTS) is 1. The number of benzene rings is 1. The summed E-state index contributed by atoms with van der Waals surface area (Å²) in [7, 11) is 0. The minimum atomic E-state index is -0.956. The highest BCUT2D eigenvalue weighted by atomic mass is 32.1. The number of aromatic carboxylic acids is 1. The Morgan fingerprint density at radius 2 is 1.92 bits per heavy atom. The van der Waals surface area contributed by atoms with Crippen molar-refractivity contribution in [3.05, 3.63) is 46.3 Å². The molecule has 6 heteroatoms. The molecule has 0 bridgehead atoms. The molecule has 3 rings (SSSR count). The largest absolute Gasteiger partial charge is 0.494 e. The van der Waals surface area contributed by atoms with Gasteiger partial charge in [-0.15, -0.1) is 11.3 Å². The smallest absolute Gasteiger partial charge is 0.339 e. The number of para-hydroxylation sites is 1. The normalized spacial score (nSPS) is 13.1. The van der Waals surface area contributed by atoms with Crippen molar-refractivity contribution in [1.29, 1.82) is 0 Å². The van der Waals surface area contributed by atoms with E-state index in [1.165, 1.54) is 11.3 Å². The predicted octanol–water partition coefficient (Wildman–Crippen LogP) is 4.12. The molecule has 0 unspecified atom stereocenters. The molecule has 0 fully saturated rings. The van der Waals surface area contributed by atoms with Crippen molar-refractivity contribution < 1.29 is 19.4 Å². The van der Waals surface area contributed by atoms with Crippen LogP contribution in [0.4, 0.5) is 5.00 Å². The molecule has 0 aliphatic heterocycles. The number of fused-ring (bicyclic) bond motifs is 1. The second-order valence-electron chi connectivity index (χ2n) is 6.03. The minimum absolute atomic E-state index is 0.169. The van der Waals surface area contributed by atoms with Gasteiger partial charge in [0.05, 0.1) is 12.2 Å². The van der Waals surface area contributed by atoms with E-state index < -0.39 is 5.97 Å². The van der Waals surface area contributed by atoms with Gasteiger partial charge >= 0.3 is 5.97 Å². The van der Waals surface area contributed by atoms with Crippen LogP contribution in [0.25, 0.3) is 0 Å². The molecule has 2 aromatic rings. The SMILES string of the molecule is O=C(CCCOc1ccccc1)Nc1sc2c(c1C(=O)O)CCCC2. The van der Waals surface area contributed by atoms with Crippen LogP contribution in [0.3, 0.4) is 0 Å². The summed E-state index contributed by atoms with van der Waals surface area (Å²) in [5.41, 5.74) is 1.19. The maximum absolute atomic E-state index is 12.2. The summed E-state index contributed by atoms with van der Waals surface area (Å²) in [6.07, 6.45) is 4.66. The van der Waals surface area contributed by atoms with Gasteiger partial charge in [-0.1, -0.05) is 18.2 Å². The zero-order valence-electron chi connectivity index (χ0n) is 13.9. The van der Waals surface area contributed by atoms with Gasteiger partial charge < -0.3 is 15.2 Å². The molecule has 1 aromatic heterocycles. The Bertz CT molecular complexity index is 754. The molecule has 5 nitrogen and oxygen atoms in total. The molecule has 1 heterocycles. The van der Waals surface area contributed by atoms with Crippen molar-refractivity contribution in [2.24, 2.45) is 0 Å². The molecule has 132 valence electrons. The van der Waals surface area contributed by atoms with E-state index in [1.807, 2.05) is 30.3 Å². The zero-order chi connectivity index (χ0) is 17.6. The van der Waals surface area contributed by atoms with Crippen LogP contribution < -0.4 is 10.1 Å². The summed E-state index contributed by atoms with van der Waals surface area (Å²) in [6, 6.07) is 9.45. The van der Waals surface area contributed by atoms with Crippen molar-refractivity contribution in [3.8, 4) is 5.75 Å². The zero-order valence-corrected chi connectivity index (χ0v) is 14.7. The molecular weight excluding hydrogens is 338 g/mol. The maximum Gasteiger partial charge on any atom is 0.339 e. The fourth-order valence-corrected chi connectivity index (χ4v) is 4.31. The molecular formula is C19H21NO4S. The van der Waals surface area contributed by atoms with Crippen molar-refractivity contribution in [1.82, 2.24) is 0 Å². The van der Waals surface area contributed by atoms with Crippen LogP contribution >= 0.6 is 11.3 Å². The molecule has 0 radical (unpaired) electrons. The summed E-state index contributed by atoms with van der Waals surface area (Å²) in [5, 5.41) is 12.8. The number of hydrogen-bond donors (Lipinski definition) is 2. The first-order valence-corrected chi connectivity index (χ1v) is 9.32. The van der Waals surface area contributed by atoms with Crippen LogP contribution in [0.1, 0.15) is 46.5 Å². The number of carbonyl (C=O) groups excluding carboxylic acids is 1. The van der Waals surface area contributed by atoms with Gasteiger partial charge in [0.15, 0.2) is 0 Å². The quantitative estimate of drug-likeness (QED) is 0.729. The van der Waals surface area contributed by atoms with Gasteiger partial charge in [0.2, 0.25) is 5.91 Å². The first-order chi connectivity index (χ1) is 12.1. The highest BCUT2D eigenvalue weighted by Gasteiger charge is 2.25. The summed E-state index contributed by atoms with van der Waals surface area (Å²) in [6.45, 7) is 0.449. The van der Waals surface area contributed by atoms with E-state index in [1.54, 1.807) is 0 Å². The van der Waals surface area contributed by atoms with Gasteiger partial charge in [0.25, 0.3) is 0 Å². The summed E-state index contributed by atoms with van der Waals surface area (Å²) < 4.78 is 5.56. The Balaban J connectivity index is 1.54. The first kappa shape index (κ1) is 17.5. The van der Waals surface area contributed by atoms with Crippen LogP contribution in [-0.4, -0.2) is 23.6 Å². The third-order valence-electron chi connectivity index (χ3n) is 4.20. The van der Waals surface area contributed by atoms with Gasteiger partial charge in [0, 0.05) is 11.3 Å². The van der Waals surface area contributed by atoms with Crippen molar-refractivity contribution >= 4 is 28.2 Å². The number of rotatable bonds is 7. The number of anilines is 1. The Morgan fingerprint density at radius 3 is 2.68 bits per heavy atom. The monoisotopic (exact) mass is 359 g/mol. The van der Waals surface area contributed by atoms with E-state index >= 15 is 0 Å². The van der Waals surface area contributed by atoms with Crippen molar-refractivity contribution in [3.63, 3.8) is 0 Å². The van der Waals surface area contributed by atoms with Crippen molar-refractivity contribution in [2.75, 3.05) is 11.9 Å². The third-order valence-corrected chi connectivity index (χ3v) is 5.41. The molecule has 1 aliphatic rings. The van der Waals surface area contributed by atoms with Crippen LogP contribution in [-0.2, 0) is 17.6 Å². The van der Waals surface area contributed by atoms with E-state index in [0.29, 0.717) is 24.4 Å². The lowest BCUT2D eigenvalue weighted by molar-refractivity contribution is -0.116. The predicted molar refractivity (Wildman–Crippen MR) is 97.7 cm³/mol. The molecule has 1 aromatic carbocycles. The molecule has 0 saturated heterocycles. The molecule has 0 saturated carbocycles. The van der Waals surface area contributed by atoms with Gasteiger partial charge in [0.1, 0.15) is 10.8 Å². The second-order valence-corrected chi connectivity index (χ2v) is 7.14. The molecule has 25 heavy (non-hydrogen) atoms. The Morgan fingerprint density at radius 1 is 1.16 bits per heavy atom. The van der Waals surface area contributed by atoms with E-state index in [0.717, 1.165) is 41.9 Å². The van der Waals surface area contributed by atoms with E-state index in [-0.39, 0.29) is 11.5 Å². The van der Waals surface area contributed by atoms with Gasteiger partial charge in [-0.2, -0.15) is 0 Å². The number of thiophene rings is 1. The fourth-order valence-electron chi connectivity index (χ4n) is 3.01. The lowest BCUT2D eigenvalue weighted by Crippen LogP contribution is -2.14. The van der Waals surface area contributed by atoms with Crippen molar-refractivity contribution in [2.45, 2.75) is 38.5 Å². The van der Waals surface area contributed by atoms with Gasteiger partial charge in [-0.3, -0.25) is 4.79 Å². The minimum Gasteiger partial charge on any atom is -0.494 e. The number of carbonyl (C=O) groups is 2. The van der Waals surface area contributed by atoms with Crippen LogP contribution in [0.2, 0.25) is 0 Å². The number of carboxylic acids is 1. The lowest BCUT2D eigenvalue weighted by Gasteiger charge is -2.10. The summed E-state index contributed by atoms with van der Waals surface area (Å²) in [5.74, 6) is -0.345. The summed E-state index contributed by atoms with van der Waals surface area (Å²) in [4.78, 5) is 24.9. The van der Waals surface area contributed by atoms with Crippen LogP contribution in [0.5, 0.6) is 5.75 Å². The van der Waals surface area contributed by atoms with E-state index in [2.05, 4.69) is 5.32 Å². The molecule has 2 N–H and O–H groups in total. The standard InChI is InChI=1S/C19H21NO4S/c21-16(11-6-12-24-13-7-2-1-3-8-13)20-18-17(19(22)23)14-9-4-5-10-15(14)25-18/h1-3,7-8H,4-6,9-12H2,(H,20,21)(H,22,23). The number of amides is 1. The Labute approximate surface area is 150 Å². The topological polar surface area (TPSA) is 75.6 Å². The van der Waals surface area contributed by atoms with Gasteiger partial charge in [-0.05, 0) is 49.8 Å². The second kappa shape index (κ2) is 8.16. The number of hydrogen-bond acceptors (Lipinski definition) is 4. The number of ether oxygens (including phenoxy) is 1. The van der Waals surface area contributed by atoms with Crippen LogP contribution in [0, 0.1) is 0 Å². The number of aryl methyl sites for hydroxylation is 1. The van der Waals surface area contributed by atoms with Crippen LogP contribution in [0.15, 0.2) is 30.3 Å². The Hall–Kier alpha value is -2.34. The average Bonchev–Trinajstić information content (AvgIpc) is 2.97. The molecule has 1 amide bonds. The fraction of sp³-hybridized carbons (Fsp3) is 0.368.